The summed E-state index contributed by atoms with van der Waals surface area (Å²) >= 11 is 0. The molecule has 0 fully saturated rings. The van der Waals surface area contributed by atoms with Gasteiger partial charge in [0.1, 0.15) is 7.05 Å². The molecule has 0 aliphatic carbocycles. The standard InChI is InChI=1S/C18H16N/c1-19-14-13-16(17-9-5-6-10-18(17)19)12-11-15-7-3-2-4-8-15/h2-14H,1H3/q+1/b12-11+. The van der Waals surface area contributed by atoms with Crippen LogP contribution in [0.3, 0.4) is 0 Å². The minimum atomic E-state index is 1.22. The maximum atomic E-state index is 2.18. The highest BCUT2D eigenvalue weighted by Crippen LogP contribution is 2.17. The van der Waals surface area contributed by atoms with Crippen LogP contribution in [0, 0.1) is 0 Å². The van der Waals surface area contributed by atoms with Gasteiger partial charge < -0.3 is 0 Å². The molecule has 0 unspecified atom stereocenters. The highest BCUT2D eigenvalue weighted by molar-refractivity contribution is 5.88. The van der Waals surface area contributed by atoms with Crippen LogP contribution in [0.25, 0.3) is 23.1 Å². The van der Waals surface area contributed by atoms with Crippen LogP contribution < -0.4 is 4.57 Å². The molecule has 0 N–H and O–H groups in total. The first-order chi connectivity index (χ1) is 9.34. The molecule has 2 aromatic carbocycles. The Morgan fingerprint density at radius 1 is 0.789 bits per heavy atom. The van der Waals surface area contributed by atoms with Crippen LogP contribution in [0.1, 0.15) is 11.1 Å². The molecule has 1 heteroatoms. The Morgan fingerprint density at radius 3 is 2.37 bits per heavy atom. The molecule has 0 saturated carbocycles. The predicted octanol–water partition coefficient (Wildman–Crippen LogP) is 3.83. The average Bonchev–Trinajstić information content (AvgIpc) is 2.48. The van der Waals surface area contributed by atoms with Crippen molar-refractivity contribution < 1.29 is 4.57 Å². The summed E-state index contributed by atoms with van der Waals surface area (Å²) in [5.41, 5.74) is 3.72. The molecule has 0 aliphatic rings. The molecule has 0 aliphatic heterocycles. The fourth-order valence-electron chi connectivity index (χ4n) is 2.28. The maximum Gasteiger partial charge on any atom is 0.212 e. The third-order valence-electron chi connectivity index (χ3n) is 3.33. The number of nitrogens with zero attached hydrogens (tertiary/aromatic N) is 1. The van der Waals surface area contributed by atoms with Crippen LogP contribution in [-0.4, -0.2) is 0 Å². The zero-order chi connectivity index (χ0) is 13.1. The Labute approximate surface area is 113 Å². The number of benzene rings is 2. The molecule has 1 aromatic heterocycles. The van der Waals surface area contributed by atoms with Gasteiger partial charge in [-0.2, -0.15) is 0 Å². The van der Waals surface area contributed by atoms with E-state index >= 15 is 0 Å². The summed E-state index contributed by atoms with van der Waals surface area (Å²) in [5.74, 6) is 0. The number of aromatic nitrogens is 1. The molecule has 1 nitrogen and oxygen atoms in total. The van der Waals surface area contributed by atoms with Crippen molar-refractivity contribution in [3.05, 3.63) is 78.0 Å². The molecule has 0 saturated heterocycles. The molecule has 19 heavy (non-hydrogen) atoms. The Morgan fingerprint density at radius 2 is 1.53 bits per heavy atom. The molecule has 92 valence electrons. The first-order valence-corrected chi connectivity index (χ1v) is 6.45. The van der Waals surface area contributed by atoms with Crippen molar-refractivity contribution in [2.75, 3.05) is 0 Å². The highest BCUT2D eigenvalue weighted by Gasteiger charge is 2.06. The number of aryl methyl sites for hydroxylation is 1. The molecular formula is C18H16N+. The van der Waals surface area contributed by atoms with Crippen molar-refractivity contribution in [2.45, 2.75) is 0 Å². The summed E-state index contributed by atoms with van der Waals surface area (Å²) in [6, 6.07) is 21.0. The summed E-state index contributed by atoms with van der Waals surface area (Å²) in [4.78, 5) is 0. The second-order valence-corrected chi connectivity index (χ2v) is 4.64. The maximum absolute atomic E-state index is 2.18. The topological polar surface area (TPSA) is 3.88 Å². The lowest BCUT2D eigenvalue weighted by molar-refractivity contribution is -0.644. The third kappa shape index (κ3) is 2.41. The lowest BCUT2D eigenvalue weighted by Gasteiger charge is -2.00. The first-order valence-electron chi connectivity index (χ1n) is 6.45. The van der Waals surface area contributed by atoms with Gasteiger partial charge in [0.05, 0.1) is 5.39 Å². The van der Waals surface area contributed by atoms with Crippen LogP contribution in [-0.2, 0) is 7.05 Å². The van der Waals surface area contributed by atoms with Crippen molar-refractivity contribution in [1.29, 1.82) is 0 Å². The van der Waals surface area contributed by atoms with Crippen molar-refractivity contribution >= 4 is 23.1 Å². The Hall–Kier alpha value is -2.41. The van der Waals surface area contributed by atoms with Gasteiger partial charge in [0.15, 0.2) is 6.20 Å². The van der Waals surface area contributed by atoms with Crippen LogP contribution in [0.2, 0.25) is 0 Å². The molecule has 3 rings (SSSR count). The van der Waals surface area contributed by atoms with Gasteiger partial charge in [-0.3, -0.25) is 0 Å². The quantitative estimate of drug-likeness (QED) is 0.605. The number of hydrogen-bond acceptors (Lipinski definition) is 0. The van der Waals surface area contributed by atoms with Gasteiger partial charge in [-0.25, -0.2) is 4.57 Å². The molecule has 3 aromatic rings. The lowest BCUT2D eigenvalue weighted by atomic mass is 10.1. The van der Waals surface area contributed by atoms with E-state index in [2.05, 4.69) is 84.6 Å². The van der Waals surface area contributed by atoms with Gasteiger partial charge in [-0.1, -0.05) is 54.6 Å². The molecule has 0 spiro atoms. The smallest absolute Gasteiger partial charge is 0.201 e. The largest absolute Gasteiger partial charge is 0.212 e. The van der Waals surface area contributed by atoms with Crippen LogP contribution in [0.4, 0.5) is 0 Å². The average molecular weight is 246 g/mol. The summed E-state index contributed by atoms with van der Waals surface area (Å²) in [5, 5.41) is 1.28. The van der Waals surface area contributed by atoms with Crippen LogP contribution in [0.15, 0.2) is 66.9 Å². The lowest BCUT2D eigenvalue weighted by Crippen LogP contribution is -2.28. The van der Waals surface area contributed by atoms with Gasteiger partial charge in [0, 0.05) is 12.1 Å². The summed E-state index contributed by atoms with van der Waals surface area (Å²) in [6.07, 6.45) is 6.44. The number of hydrogen-bond donors (Lipinski definition) is 0. The second-order valence-electron chi connectivity index (χ2n) is 4.64. The SMILES string of the molecule is C[n+]1ccc(/C=C/c2ccccc2)c2ccccc21. The fraction of sp³-hybridized carbons (Fsp3) is 0.0556. The van der Waals surface area contributed by atoms with Crippen molar-refractivity contribution in [3.8, 4) is 0 Å². The van der Waals surface area contributed by atoms with Gasteiger partial charge in [0.2, 0.25) is 5.52 Å². The monoisotopic (exact) mass is 246 g/mol. The van der Waals surface area contributed by atoms with E-state index in [0.29, 0.717) is 0 Å². The molecular weight excluding hydrogens is 230 g/mol. The number of pyridine rings is 1. The molecule has 0 amide bonds. The Balaban J connectivity index is 2.07. The van der Waals surface area contributed by atoms with E-state index in [0.717, 1.165) is 0 Å². The summed E-state index contributed by atoms with van der Waals surface area (Å²) in [7, 11) is 2.08. The number of rotatable bonds is 2. The minimum Gasteiger partial charge on any atom is -0.201 e. The number of fused-ring (bicyclic) bond motifs is 1. The van der Waals surface area contributed by atoms with E-state index in [9.17, 15) is 0 Å². The van der Waals surface area contributed by atoms with Gasteiger partial charge in [-0.15, -0.1) is 0 Å². The molecule has 0 bridgehead atoms. The van der Waals surface area contributed by atoms with Gasteiger partial charge >= 0.3 is 0 Å². The van der Waals surface area contributed by atoms with E-state index in [4.69, 9.17) is 0 Å². The molecule has 0 atom stereocenters. The predicted molar refractivity (Wildman–Crippen MR) is 80.5 cm³/mol. The Kier molecular flexibility index (Phi) is 3.11. The van der Waals surface area contributed by atoms with E-state index < -0.39 is 0 Å². The van der Waals surface area contributed by atoms with E-state index in [1.165, 1.54) is 22.0 Å². The van der Waals surface area contributed by atoms with Crippen LogP contribution >= 0.6 is 0 Å². The van der Waals surface area contributed by atoms with Crippen molar-refractivity contribution in [3.63, 3.8) is 0 Å². The highest BCUT2D eigenvalue weighted by atomic mass is 14.9. The zero-order valence-corrected chi connectivity index (χ0v) is 11.0. The Bertz CT molecular complexity index is 727. The summed E-state index contributed by atoms with van der Waals surface area (Å²) in [6.45, 7) is 0. The van der Waals surface area contributed by atoms with Crippen molar-refractivity contribution in [1.82, 2.24) is 0 Å². The normalized spacial score (nSPS) is 11.2. The third-order valence-corrected chi connectivity index (χ3v) is 3.33. The zero-order valence-electron chi connectivity index (χ0n) is 11.0. The summed E-state index contributed by atoms with van der Waals surface area (Å²) < 4.78 is 2.15. The minimum absolute atomic E-state index is 1.22. The van der Waals surface area contributed by atoms with Gasteiger partial charge in [-0.05, 0) is 17.2 Å². The molecule has 1 heterocycles. The number of para-hydroxylation sites is 1. The van der Waals surface area contributed by atoms with E-state index in [1.54, 1.807) is 0 Å². The fourth-order valence-corrected chi connectivity index (χ4v) is 2.28. The van der Waals surface area contributed by atoms with Gasteiger partial charge in [0.25, 0.3) is 0 Å². The van der Waals surface area contributed by atoms with Crippen molar-refractivity contribution in [2.24, 2.45) is 7.05 Å². The molecule has 0 radical (unpaired) electrons. The first kappa shape index (κ1) is 11.7. The second kappa shape index (κ2) is 5.07. The van der Waals surface area contributed by atoms with Crippen LogP contribution in [0.5, 0.6) is 0 Å². The van der Waals surface area contributed by atoms with E-state index in [-0.39, 0.29) is 0 Å². The van der Waals surface area contributed by atoms with E-state index in [1.807, 2.05) is 6.07 Å².